The van der Waals surface area contributed by atoms with Crippen LogP contribution in [0.25, 0.3) is 0 Å². The Morgan fingerprint density at radius 2 is 1.88 bits per heavy atom. The monoisotopic (exact) mass is 259 g/mol. The lowest BCUT2D eigenvalue weighted by atomic mass is 9.90. The molecule has 0 radical (unpaired) electrons. The van der Waals surface area contributed by atoms with Crippen LogP contribution in [0.1, 0.15) is 51.6 Å². The van der Waals surface area contributed by atoms with Gasteiger partial charge in [0.15, 0.2) is 0 Å². The molecule has 2 nitrogen and oxygen atoms in total. The van der Waals surface area contributed by atoms with E-state index in [4.69, 9.17) is 4.42 Å². The molecule has 0 unspecified atom stereocenters. The average molecular weight is 260 g/mol. The van der Waals surface area contributed by atoms with Crippen molar-refractivity contribution in [3.63, 3.8) is 0 Å². The molecule has 1 N–H and O–H groups in total. The molecule has 1 aromatic heterocycles. The molecule has 0 saturated heterocycles. The molecular formula is C14H26ClNO. The van der Waals surface area contributed by atoms with Crippen LogP contribution < -0.4 is 5.32 Å². The Labute approximate surface area is 112 Å². The van der Waals surface area contributed by atoms with E-state index in [1.54, 1.807) is 0 Å². The summed E-state index contributed by atoms with van der Waals surface area (Å²) in [4.78, 5) is 0. The maximum Gasteiger partial charge on any atom is 0.117 e. The Kier molecular flexibility index (Phi) is 7.56. The third-order valence-corrected chi connectivity index (χ3v) is 2.63. The van der Waals surface area contributed by atoms with Crippen LogP contribution in [0, 0.1) is 12.3 Å². The van der Waals surface area contributed by atoms with Crippen molar-refractivity contribution in [1.82, 2.24) is 5.32 Å². The van der Waals surface area contributed by atoms with Crippen LogP contribution in [-0.2, 0) is 6.54 Å². The van der Waals surface area contributed by atoms with Crippen molar-refractivity contribution in [2.45, 2.75) is 53.5 Å². The van der Waals surface area contributed by atoms with Crippen LogP contribution in [0.3, 0.4) is 0 Å². The highest BCUT2D eigenvalue weighted by atomic mass is 35.5. The maximum atomic E-state index is 5.48. The predicted octanol–water partition coefficient (Wildman–Crippen LogP) is 4.32. The van der Waals surface area contributed by atoms with Crippen molar-refractivity contribution in [2.24, 2.45) is 5.41 Å². The zero-order chi connectivity index (χ0) is 12.0. The molecular weight excluding hydrogens is 234 g/mol. The van der Waals surface area contributed by atoms with Crippen molar-refractivity contribution in [3.8, 4) is 0 Å². The van der Waals surface area contributed by atoms with E-state index in [0.717, 1.165) is 24.6 Å². The number of unbranched alkanes of at least 4 members (excludes halogenated alkanes) is 1. The number of rotatable bonds is 6. The van der Waals surface area contributed by atoms with Crippen molar-refractivity contribution < 1.29 is 4.42 Å². The van der Waals surface area contributed by atoms with Crippen LogP contribution in [0.4, 0.5) is 0 Å². The molecule has 1 rings (SSSR count). The first-order valence-electron chi connectivity index (χ1n) is 6.23. The lowest BCUT2D eigenvalue weighted by Crippen LogP contribution is -2.15. The molecule has 0 saturated carbocycles. The van der Waals surface area contributed by atoms with Gasteiger partial charge in [0.05, 0.1) is 6.54 Å². The first-order chi connectivity index (χ1) is 7.47. The van der Waals surface area contributed by atoms with Crippen LogP contribution in [-0.4, -0.2) is 6.54 Å². The first kappa shape index (κ1) is 16.5. The minimum absolute atomic E-state index is 0. The summed E-state index contributed by atoms with van der Waals surface area (Å²) in [6.07, 6.45) is 3.85. The van der Waals surface area contributed by atoms with Gasteiger partial charge < -0.3 is 9.73 Å². The largest absolute Gasteiger partial charge is 0.465 e. The molecule has 0 aromatic carbocycles. The lowest BCUT2D eigenvalue weighted by molar-refractivity contribution is 0.357. The van der Waals surface area contributed by atoms with E-state index in [2.05, 4.69) is 26.1 Å². The van der Waals surface area contributed by atoms with Crippen LogP contribution in [0.5, 0.6) is 0 Å². The molecule has 0 atom stereocenters. The smallest absolute Gasteiger partial charge is 0.117 e. The number of furan rings is 1. The van der Waals surface area contributed by atoms with E-state index < -0.39 is 0 Å². The normalized spacial score (nSPS) is 11.3. The van der Waals surface area contributed by atoms with Crippen molar-refractivity contribution in [1.29, 1.82) is 0 Å². The minimum atomic E-state index is 0. The summed E-state index contributed by atoms with van der Waals surface area (Å²) in [5, 5.41) is 3.41. The molecule has 1 aromatic rings. The van der Waals surface area contributed by atoms with Crippen molar-refractivity contribution >= 4 is 12.4 Å². The Balaban J connectivity index is 0.00000256. The van der Waals surface area contributed by atoms with Gasteiger partial charge in [-0.3, -0.25) is 0 Å². The molecule has 0 aliphatic carbocycles. The maximum absolute atomic E-state index is 5.48. The molecule has 17 heavy (non-hydrogen) atoms. The van der Waals surface area contributed by atoms with E-state index in [1.807, 2.05) is 19.1 Å². The zero-order valence-corrected chi connectivity index (χ0v) is 12.3. The van der Waals surface area contributed by atoms with Crippen LogP contribution >= 0.6 is 12.4 Å². The van der Waals surface area contributed by atoms with E-state index in [0.29, 0.717) is 5.41 Å². The summed E-state index contributed by atoms with van der Waals surface area (Å²) in [7, 11) is 0. The van der Waals surface area contributed by atoms with Gasteiger partial charge in [-0.1, -0.05) is 27.2 Å². The number of nitrogens with one attached hydrogen (secondary N) is 1. The van der Waals surface area contributed by atoms with Gasteiger partial charge in [0.25, 0.3) is 0 Å². The second kappa shape index (κ2) is 7.78. The van der Waals surface area contributed by atoms with Gasteiger partial charge >= 0.3 is 0 Å². The third kappa shape index (κ3) is 8.28. The molecule has 1 heterocycles. The van der Waals surface area contributed by atoms with E-state index in [9.17, 15) is 0 Å². The van der Waals surface area contributed by atoms with Gasteiger partial charge in [-0.15, -0.1) is 12.4 Å². The highest BCUT2D eigenvalue weighted by Gasteiger charge is 2.08. The van der Waals surface area contributed by atoms with Gasteiger partial charge in [0, 0.05) is 0 Å². The molecule has 0 spiro atoms. The van der Waals surface area contributed by atoms with Crippen LogP contribution in [0.2, 0.25) is 0 Å². The highest BCUT2D eigenvalue weighted by Crippen LogP contribution is 2.21. The summed E-state index contributed by atoms with van der Waals surface area (Å²) in [5.74, 6) is 2.03. The van der Waals surface area contributed by atoms with Crippen molar-refractivity contribution in [2.75, 3.05) is 6.54 Å². The standard InChI is InChI=1S/C14H25NO.ClH/c1-12-7-8-13(16-12)11-15-10-6-5-9-14(2,3)4;/h7-8,15H,5-6,9-11H2,1-4H3;1H. The lowest BCUT2D eigenvalue weighted by Gasteiger charge is -2.17. The van der Waals surface area contributed by atoms with Gasteiger partial charge in [-0.05, 0) is 43.9 Å². The first-order valence-corrected chi connectivity index (χ1v) is 6.23. The number of hydrogen-bond acceptors (Lipinski definition) is 2. The van der Waals surface area contributed by atoms with Crippen molar-refractivity contribution in [3.05, 3.63) is 23.7 Å². The molecule has 0 aliphatic heterocycles. The van der Waals surface area contributed by atoms with Gasteiger partial charge in [-0.2, -0.15) is 0 Å². The summed E-state index contributed by atoms with van der Waals surface area (Å²) < 4.78 is 5.48. The summed E-state index contributed by atoms with van der Waals surface area (Å²) in [6, 6.07) is 4.05. The fourth-order valence-corrected chi connectivity index (χ4v) is 1.70. The molecule has 0 amide bonds. The summed E-state index contributed by atoms with van der Waals surface area (Å²) >= 11 is 0. The van der Waals surface area contributed by atoms with E-state index >= 15 is 0 Å². The molecule has 0 fully saturated rings. The minimum Gasteiger partial charge on any atom is -0.465 e. The van der Waals surface area contributed by atoms with Gasteiger partial charge in [-0.25, -0.2) is 0 Å². The van der Waals surface area contributed by atoms with Gasteiger partial charge in [0.2, 0.25) is 0 Å². The Hall–Kier alpha value is -0.470. The SMILES string of the molecule is Cc1ccc(CNCCCCC(C)(C)C)o1.Cl. The van der Waals surface area contributed by atoms with E-state index in [-0.39, 0.29) is 12.4 Å². The number of aryl methyl sites for hydroxylation is 1. The Bertz CT molecular complexity index is 301. The van der Waals surface area contributed by atoms with Crippen LogP contribution in [0.15, 0.2) is 16.5 Å². The topological polar surface area (TPSA) is 25.2 Å². The zero-order valence-electron chi connectivity index (χ0n) is 11.5. The fraction of sp³-hybridized carbons (Fsp3) is 0.714. The highest BCUT2D eigenvalue weighted by molar-refractivity contribution is 5.85. The predicted molar refractivity (Wildman–Crippen MR) is 75.7 cm³/mol. The Morgan fingerprint density at radius 3 is 2.41 bits per heavy atom. The Morgan fingerprint density at radius 1 is 1.18 bits per heavy atom. The molecule has 0 bridgehead atoms. The number of hydrogen-bond donors (Lipinski definition) is 1. The summed E-state index contributed by atoms with van der Waals surface area (Å²) in [6.45, 7) is 10.8. The average Bonchev–Trinajstić information content (AvgIpc) is 2.56. The summed E-state index contributed by atoms with van der Waals surface area (Å²) in [5.41, 5.74) is 0.470. The van der Waals surface area contributed by atoms with E-state index in [1.165, 1.54) is 19.3 Å². The quantitative estimate of drug-likeness (QED) is 0.770. The molecule has 3 heteroatoms. The second-order valence-electron chi connectivity index (χ2n) is 5.71. The molecule has 0 aliphatic rings. The number of halogens is 1. The molecule has 100 valence electrons. The third-order valence-electron chi connectivity index (χ3n) is 2.63. The fourth-order valence-electron chi connectivity index (χ4n) is 1.70. The second-order valence-corrected chi connectivity index (χ2v) is 5.71. The van der Waals surface area contributed by atoms with Gasteiger partial charge in [0.1, 0.15) is 11.5 Å².